The van der Waals surface area contributed by atoms with E-state index in [0.29, 0.717) is 5.65 Å². The maximum atomic E-state index is 11.3. The Kier molecular flexibility index (Phi) is 3.44. The van der Waals surface area contributed by atoms with Crippen molar-refractivity contribution in [1.82, 2.24) is 14.3 Å². The van der Waals surface area contributed by atoms with Crippen LogP contribution in [0.2, 0.25) is 0 Å². The van der Waals surface area contributed by atoms with Crippen LogP contribution in [-0.4, -0.2) is 38.4 Å². The molecule has 20 heavy (non-hydrogen) atoms. The quantitative estimate of drug-likeness (QED) is 0.932. The second-order valence-electron chi connectivity index (χ2n) is 5.71. The van der Waals surface area contributed by atoms with Crippen LogP contribution in [0.15, 0.2) is 24.7 Å². The molecule has 106 valence electrons. The molecule has 0 aliphatic carbocycles. The molecule has 1 saturated heterocycles. The Hall–Kier alpha value is -1.88. The van der Waals surface area contributed by atoms with Crippen LogP contribution in [0.4, 0.5) is 0 Å². The number of aromatic nitrogens is 2. The first kappa shape index (κ1) is 13.1. The lowest BCUT2D eigenvalue weighted by Gasteiger charge is -2.30. The molecule has 0 bridgehead atoms. The Morgan fingerprint density at radius 1 is 1.55 bits per heavy atom. The van der Waals surface area contributed by atoms with Crippen molar-refractivity contribution >= 4 is 11.6 Å². The number of nitrogens with zero attached hydrogens (tertiary/aromatic N) is 3. The van der Waals surface area contributed by atoms with Gasteiger partial charge in [-0.1, -0.05) is 6.92 Å². The second kappa shape index (κ2) is 5.25. The third kappa shape index (κ3) is 2.54. The number of fused-ring (bicyclic) bond motifs is 1. The molecule has 5 nitrogen and oxygen atoms in total. The fourth-order valence-corrected chi connectivity index (χ4v) is 3.02. The zero-order chi connectivity index (χ0) is 14.1. The van der Waals surface area contributed by atoms with E-state index in [9.17, 15) is 9.90 Å². The summed E-state index contributed by atoms with van der Waals surface area (Å²) >= 11 is 0. The normalized spacial score (nSPS) is 20.4. The average molecular weight is 273 g/mol. The number of carbonyl (C=O) groups is 1. The standard InChI is InChI=1S/C15H19N3O2/c1-11-3-2-5-17(8-11)9-12-7-13(15(19)20)14-16-4-6-18(14)10-12/h4,6-7,10-11H,2-3,5,8-9H2,1H3,(H,19,20). The number of piperidine rings is 1. The number of pyridine rings is 1. The van der Waals surface area contributed by atoms with Gasteiger partial charge in [0.15, 0.2) is 5.65 Å². The third-order valence-corrected chi connectivity index (χ3v) is 3.92. The number of rotatable bonds is 3. The van der Waals surface area contributed by atoms with Crippen LogP contribution in [0.25, 0.3) is 5.65 Å². The van der Waals surface area contributed by atoms with E-state index < -0.39 is 5.97 Å². The van der Waals surface area contributed by atoms with Gasteiger partial charge < -0.3 is 9.51 Å². The molecule has 1 N–H and O–H groups in total. The summed E-state index contributed by atoms with van der Waals surface area (Å²) < 4.78 is 1.80. The number of carboxylic acid groups (broad SMARTS) is 1. The highest BCUT2D eigenvalue weighted by molar-refractivity contribution is 5.94. The Morgan fingerprint density at radius 2 is 2.40 bits per heavy atom. The molecule has 0 saturated carbocycles. The van der Waals surface area contributed by atoms with Crippen molar-refractivity contribution in [3.8, 4) is 0 Å². The summed E-state index contributed by atoms with van der Waals surface area (Å²) in [7, 11) is 0. The first-order valence-electron chi connectivity index (χ1n) is 7.04. The van der Waals surface area contributed by atoms with E-state index in [1.54, 1.807) is 22.9 Å². The van der Waals surface area contributed by atoms with Gasteiger partial charge in [0.2, 0.25) is 0 Å². The van der Waals surface area contributed by atoms with Crippen molar-refractivity contribution < 1.29 is 9.90 Å². The van der Waals surface area contributed by atoms with E-state index in [0.717, 1.165) is 31.1 Å². The first-order valence-corrected chi connectivity index (χ1v) is 7.04. The summed E-state index contributed by atoms with van der Waals surface area (Å²) in [5, 5.41) is 9.31. The number of hydrogen-bond acceptors (Lipinski definition) is 3. The molecular formula is C15H19N3O2. The fraction of sp³-hybridized carbons (Fsp3) is 0.467. The van der Waals surface area contributed by atoms with Crippen molar-refractivity contribution in [2.45, 2.75) is 26.3 Å². The molecule has 2 aromatic heterocycles. The minimum atomic E-state index is -0.921. The van der Waals surface area contributed by atoms with E-state index in [2.05, 4.69) is 16.8 Å². The van der Waals surface area contributed by atoms with Crippen LogP contribution in [0, 0.1) is 5.92 Å². The highest BCUT2D eigenvalue weighted by Crippen LogP contribution is 2.19. The molecule has 1 atom stereocenters. The number of imidazole rings is 1. The monoisotopic (exact) mass is 273 g/mol. The summed E-state index contributed by atoms with van der Waals surface area (Å²) in [6, 6.07) is 1.75. The number of likely N-dealkylation sites (tertiary alicyclic amines) is 1. The molecule has 0 spiro atoms. The van der Waals surface area contributed by atoms with Crippen LogP contribution >= 0.6 is 0 Å². The first-order chi connectivity index (χ1) is 9.63. The van der Waals surface area contributed by atoms with Gasteiger partial charge in [-0.3, -0.25) is 4.90 Å². The van der Waals surface area contributed by atoms with Crippen molar-refractivity contribution in [2.24, 2.45) is 5.92 Å². The Morgan fingerprint density at radius 3 is 3.15 bits per heavy atom. The van der Waals surface area contributed by atoms with Crippen molar-refractivity contribution in [2.75, 3.05) is 13.1 Å². The number of hydrogen-bond donors (Lipinski definition) is 1. The van der Waals surface area contributed by atoms with E-state index in [-0.39, 0.29) is 5.56 Å². The van der Waals surface area contributed by atoms with Gasteiger partial charge in [0, 0.05) is 31.7 Å². The summed E-state index contributed by atoms with van der Waals surface area (Å²) in [5.41, 5.74) is 1.81. The second-order valence-corrected chi connectivity index (χ2v) is 5.71. The van der Waals surface area contributed by atoms with Gasteiger partial charge in [-0.25, -0.2) is 9.78 Å². The highest BCUT2D eigenvalue weighted by atomic mass is 16.4. The fourth-order valence-electron chi connectivity index (χ4n) is 3.02. The molecule has 0 radical (unpaired) electrons. The number of carboxylic acids is 1. The Labute approximate surface area is 117 Å². The van der Waals surface area contributed by atoms with Crippen LogP contribution < -0.4 is 0 Å². The smallest absolute Gasteiger partial charge is 0.339 e. The minimum Gasteiger partial charge on any atom is -0.478 e. The molecule has 5 heteroatoms. The lowest BCUT2D eigenvalue weighted by atomic mass is 10.00. The van der Waals surface area contributed by atoms with Crippen molar-refractivity contribution in [3.63, 3.8) is 0 Å². The van der Waals surface area contributed by atoms with Crippen LogP contribution in [0.1, 0.15) is 35.7 Å². The molecule has 1 aliphatic heterocycles. The largest absolute Gasteiger partial charge is 0.478 e. The van der Waals surface area contributed by atoms with Gasteiger partial charge in [0.1, 0.15) is 5.56 Å². The van der Waals surface area contributed by atoms with Crippen molar-refractivity contribution in [1.29, 1.82) is 0 Å². The summed E-state index contributed by atoms with van der Waals surface area (Å²) in [6.45, 7) is 5.26. The Balaban J connectivity index is 1.89. The topological polar surface area (TPSA) is 57.8 Å². The van der Waals surface area contributed by atoms with Gasteiger partial charge in [-0.05, 0) is 36.9 Å². The third-order valence-electron chi connectivity index (χ3n) is 3.92. The lowest BCUT2D eigenvalue weighted by molar-refractivity contribution is 0.0698. The van der Waals surface area contributed by atoms with Gasteiger partial charge in [0.25, 0.3) is 0 Å². The summed E-state index contributed by atoms with van der Waals surface area (Å²) in [4.78, 5) is 17.9. The zero-order valence-electron chi connectivity index (χ0n) is 11.6. The SMILES string of the molecule is CC1CCCN(Cc2cc(C(=O)O)c3nccn3c2)C1. The predicted molar refractivity (Wildman–Crippen MR) is 75.8 cm³/mol. The van der Waals surface area contributed by atoms with Gasteiger partial charge >= 0.3 is 5.97 Å². The van der Waals surface area contributed by atoms with Gasteiger partial charge in [-0.2, -0.15) is 0 Å². The molecule has 1 unspecified atom stereocenters. The summed E-state index contributed by atoms with van der Waals surface area (Å²) in [6.07, 6.45) is 7.92. The molecular weight excluding hydrogens is 254 g/mol. The molecule has 1 aliphatic rings. The Bertz CT molecular complexity index is 635. The molecule has 0 aromatic carbocycles. The summed E-state index contributed by atoms with van der Waals surface area (Å²) in [5.74, 6) is -0.199. The van der Waals surface area contributed by atoms with E-state index >= 15 is 0 Å². The molecule has 3 heterocycles. The maximum absolute atomic E-state index is 11.3. The molecule has 0 amide bonds. The zero-order valence-corrected chi connectivity index (χ0v) is 11.6. The lowest BCUT2D eigenvalue weighted by Crippen LogP contribution is -2.33. The highest BCUT2D eigenvalue weighted by Gasteiger charge is 2.18. The number of aromatic carboxylic acids is 1. The van der Waals surface area contributed by atoms with Crippen molar-refractivity contribution in [3.05, 3.63) is 35.8 Å². The van der Waals surface area contributed by atoms with E-state index in [1.807, 2.05) is 6.20 Å². The molecule has 3 rings (SSSR count). The van der Waals surface area contributed by atoms with E-state index in [4.69, 9.17) is 0 Å². The van der Waals surface area contributed by atoms with E-state index in [1.165, 1.54) is 12.8 Å². The van der Waals surface area contributed by atoms with Crippen LogP contribution in [-0.2, 0) is 6.54 Å². The van der Waals surface area contributed by atoms with Gasteiger partial charge in [0.05, 0.1) is 0 Å². The predicted octanol–water partition coefficient (Wildman–Crippen LogP) is 2.26. The molecule has 2 aromatic rings. The van der Waals surface area contributed by atoms with Crippen LogP contribution in [0.3, 0.4) is 0 Å². The average Bonchev–Trinajstić information content (AvgIpc) is 2.85. The molecule has 1 fully saturated rings. The minimum absolute atomic E-state index is 0.276. The van der Waals surface area contributed by atoms with Crippen LogP contribution in [0.5, 0.6) is 0 Å². The van der Waals surface area contributed by atoms with Gasteiger partial charge in [-0.15, -0.1) is 0 Å². The maximum Gasteiger partial charge on any atom is 0.339 e.